The van der Waals surface area contributed by atoms with Crippen LogP contribution < -0.4 is 0 Å². The maximum Gasteiger partial charge on any atom is 0.164 e. The summed E-state index contributed by atoms with van der Waals surface area (Å²) in [5, 5.41) is 4.87. The van der Waals surface area contributed by atoms with Gasteiger partial charge in [-0.2, -0.15) is 0 Å². The van der Waals surface area contributed by atoms with E-state index in [2.05, 4.69) is 141 Å². The predicted octanol–water partition coefficient (Wildman–Crippen LogP) is 11.2. The Kier molecular flexibility index (Phi) is 6.16. The summed E-state index contributed by atoms with van der Waals surface area (Å²) < 4.78 is 0. The third kappa shape index (κ3) is 4.54. The summed E-state index contributed by atoms with van der Waals surface area (Å²) in [5.74, 6) is 1.97. The van der Waals surface area contributed by atoms with Gasteiger partial charge in [0.15, 0.2) is 17.5 Å². The largest absolute Gasteiger partial charge is 0.208 e. The van der Waals surface area contributed by atoms with Crippen LogP contribution in [0.3, 0.4) is 0 Å². The van der Waals surface area contributed by atoms with E-state index < -0.39 is 0 Å². The number of nitrogens with zero attached hydrogens (tertiary/aromatic N) is 3. The van der Waals surface area contributed by atoms with Crippen LogP contribution in [0.4, 0.5) is 0 Å². The fraction of sp³-hybridized carbons (Fsp3) is 0.0682. The molecule has 0 unspecified atom stereocenters. The maximum atomic E-state index is 5.11. The van der Waals surface area contributed by atoms with Gasteiger partial charge in [0.05, 0.1) is 0 Å². The van der Waals surface area contributed by atoms with Crippen LogP contribution in [0.15, 0.2) is 152 Å². The van der Waals surface area contributed by atoms with Crippen molar-refractivity contribution < 1.29 is 0 Å². The third-order valence-electron chi connectivity index (χ3n) is 9.69. The van der Waals surface area contributed by atoms with E-state index >= 15 is 0 Å². The standard InChI is InChI=1S/C44H31N3/c1-44(2)39-19-10-9-18-35(39)38-27-37-32(26-40(38)44)22-20-29-21-23-34(25-36(29)37)43-46-41(30-14-7-4-8-15-30)45-42(47-43)33-17-11-16-31(24-33)28-12-5-3-6-13-28/h3-27H,1-2H3. The van der Waals surface area contributed by atoms with Gasteiger partial charge in [0.1, 0.15) is 0 Å². The van der Waals surface area contributed by atoms with E-state index in [1.807, 2.05) is 24.3 Å². The normalized spacial score (nSPS) is 13.1. The first-order chi connectivity index (χ1) is 23.0. The van der Waals surface area contributed by atoms with Gasteiger partial charge in [-0.15, -0.1) is 0 Å². The summed E-state index contributed by atoms with van der Waals surface area (Å²) in [6, 6.07) is 53.7. The van der Waals surface area contributed by atoms with Crippen molar-refractivity contribution >= 4 is 21.5 Å². The summed E-state index contributed by atoms with van der Waals surface area (Å²) in [5.41, 5.74) is 10.5. The van der Waals surface area contributed by atoms with E-state index in [-0.39, 0.29) is 5.41 Å². The van der Waals surface area contributed by atoms with Crippen molar-refractivity contribution in [2.75, 3.05) is 0 Å². The zero-order chi connectivity index (χ0) is 31.5. The molecule has 7 aromatic carbocycles. The zero-order valence-corrected chi connectivity index (χ0v) is 26.3. The van der Waals surface area contributed by atoms with E-state index in [4.69, 9.17) is 15.0 Å². The molecular formula is C44H31N3. The highest BCUT2D eigenvalue weighted by Gasteiger charge is 2.35. The van der Waals surface area contributed by atoms with Crippen LogP contribution in [0.1, 0.15) is 25.0 Å². The SMILES string of the molecule is CC1(C)c2ccccc2-c2cc3c(ccc4ccc(-c5nc(-c6ccccc6)nc(-c6cccc(-c7ccccc7)c6)n5)cc43)cc21. The fourth-order valence-corrected chi connectivity index (χ4v) is 7.21. The van der Waals surface area contributed by atoms with Gasteiger partial charge in [-0.05, 0) is 79.2 Å². The second-order valence-electron chi connectivity index (χ2n) is 12.9. The van der Waals surface area contributed by atoms with Gasteiger partial charge < -0.3 is 0 Å². The molecule has 3 heteroatoms. The van der Waals surface area contributed by atoms with Crippen molar-refractivity contribution in [2.45, 2.75) is 19.3 Å². The van der Waals surface area contributed by atoms with Crippen LogP contribution in [-0.4, -0.2) is 15.0 Å². The topological polar surface area (TPSA) is 38.7 Å². The first-order valence-corrected chi connectivity index (χ1v) is 16.1. The van der Waals surface area contributed by atoms with Crippen molar-refractivity contribution in [1.82, 2.24) is 15.0 Å². The van der Waals surface area contributed by atoms with Crippen LogP contribution in [-0.2, 0) is 5.41 Å². The first-order valence-electron chi connectivity index (χ1n) is 16.1. The Labute approximate surface area is 274 Å². The molecule has 0 radical (unpaired) electrons. The lowest BCUT2D eigenvalue weighted by molar-refractivity contribution is 0.661. The molecular weight excluding hydrogens is 571 g/mol. The minimum atomic E-state index is -0.0378. The molecule has 1 aromatic heterocycles. The summed E-state index contributed by atoms with van der Waals surface area (Å²) in [6.45, 7) is 4.67. The molecule has 0 saturated carbocycles. The molecule has 3 nitrogen and oxygen atoms in total. The molecule has 0 spiro atoms. The Balaban J connectivity index is 1.23. The number of benzene rings is 7. The molecule has 0 saturated heterocycles. The van der Waals surface area contributed by atoms with Gasteiger partial charge >= 0.3 is 0 Å². The molecule has 9 rings (SSSR count). The first kappa shape index (κ1) is 27.4. The Morgan fingerprint density at radius 3 is 1.68 bits per heavy atom. The average molecular weight is 602 g/mol. The zero-order valence-electron chi connectivity index (χ0n) is 26.3. The lowest BCUT2D eigenvalue weighted by Crippen LogP contribution is -2.14. The molecule has 8 aromatic rings. The van der Waals surface area contributed by atoms with Crippen molar-refractivity contribution in [1.29, 1.82) is 0 Å². The Hall–Kier alpha value is -5.93. The molecule has 0 N–H and O–H groups in total. The molecule has 0 amide bonds. The highest BCUT2D eigenvalue weighted by molar-refractivity contribution is 6.11. The number of aromatic nitrogens is 3. The van der Waals surface area contributed by atoms with Gasteiger partial charge in [0, 0.05) is 22.1 Å². The molecule has 0 atom stereocenters. The third-order valence-corrected chi connectivity index (χ3v) is 9.69. The van der Waals surface area contributed by atoms with Crippen molar-refractivity contribution in [3.63, 3.8) is 0 Å². The van der Waals surface area contributed by atoms with E-state index in [1.54, 1.807) is 0 Å². The van der Waals surface area contributed by atoms with Gasteiger partial charge in [-0.1, -0.05) is 141 Å². The number of rotatable bonds is 4. The molecule has 1 aliphatic rings. The summed E-state index contributed by atoms with van der Waals surface area (Å²) in [7, 11) is 0. The predicted molar refractivity (Wildman–Crippen MR) is 194 cm³/mol. The molecule has 47 heavy (non-hydrogen) atoms. The Morgan fingerprint density at radius 2 is 0.915 bits per heavy atom. The summed E-state index contributed by atoms with van der Waals surface area (Å²) >= 11 is 0. The maximum absolute atomic E-state index is 5.11. The average Bonchev–Trinajstić information content (AvgIpc) is 3.36. The number of hydrogen-bond acceptors (Lipinski definition) is 3. The van der Waals surface area contributed by atoms with Crippen molar-refractivity contribution in [3.05, 3.63) is 163 Å². The van der Waals surface area contributed by atoms with Gasteiger partial charge in [-0.25, -0.2) is 15.0 Å². The second-order valence-corrected chi connectivity index (χ2v) is 12.9. The minimum absolute atomic E-state index is 0.0378. The van der Waals surface area contributed by atoms with Gasteiger partial charge in [0.25, 0.3) is 0 Å². The van der Waals surface area contributed by atoms with Crippen LogP contribution in [0.25, 0.3) is 78.0 Å². The van der Waals surface area contributed by atoms with Crippen LogP contribution in [0.5, 0.6) is 0 Å². The van der Waals surface area contributed by atoms with Gasteiger partial charge in [-0.3, -0.25) is 0 Å². The molecule has 0 fully saturated rings. The lowest BCUT2D eigenvalue weighted by atomic mass is 9.81. The van der Waals surface area contributed by atoms with Gasteiger partial charge in [0.2, 0.25) is 0 Å². The Bertz CT molecular complexity index is 2480. The monoisotopic (exact) mass is 601 g/mol. The summed E-state index contributed by atoms with van der Waals surface area (Å²) in [4.78, 5) is 15.2. The summed E-state index contributed by atoms with van der Waals surface area (Å²) in [6.07, 6.45) is 0. The van der Waals surface area contributed by atoms with Crippen LogP contribution in [0, 0.1) is 0 Å². The highest BCUT2D eigenvalue weighted by Crippen LogP contribution is 2.50. The second kappa shape index (κ2) is 10.6. The van der Waals surface area contributed by atoms with E-state index in [9.17, 15) is 0 Å². The van der Waals surface area contributed by atoms with Crippen molar-refractivity contribution in [3.8, 4) is 56.4 Å². The molecule has 0 bridgehead atoms. The van der Waals surface area contributed by atoms with E-state index in [0.717, 1.165) is 27.8 Å². The minimum Gasteiger partial charge on any atom is -0.208 e. The Morgan fingerprint density at radius 1 is 0.362 bits per heavy atom. The lowest BCUT2D eigenvalue weighted by Gasteiger charge is -2.21. The van der Waals surface area contributed by atoms with E-state index in [0.29, 0.717) is 17.5 Å². The smallest absolute Gasteiger partial charge is 0.164 e. The quantitative estimate of drug-likeness (QED) is 0.188. The molecule has 1 heterocycles. The van der Waals surface area contributed by atoms with E-state index in [1.165, 1.54) is 43.8 Å². The van der Waals surface area contributed by atoms with Crippen molar-refractivity contribution in [2.24, 2.45) is 0 Å². The molecule has 0 aliphatic heterocycles. The molecule has 1 aliphatic carbocycles. The fourth-order valence-electron chi connectivity index (χ4n) is 7.21. The molecule has 222 valence electrons. The highest BCUT2D eigenvalue weighted by atomic mass is 15.0. The van der Waals surface area contributed by atoms with Crippen LogP contribution >= 0.6 is 0 Å². The van der Waals surface area contributed by atoms with Crippen LogP contribution in [0.2, 0.25) is 0 Å². The number of hydrogen-bond donors (Lipinski definition) is 0. The number of fused-ring (bicyclic) bond motifs is 6.